The van der Waals surface area contributed by atoms with Crippen LogP contribution < -0.4 is 5.32 Å². The minimum atomic E-state index is -0.199. The van der Waals surface area contributed by atoms with Crippen molar-refractivity contribution >= 4 is 0 Å². The summed E-state index contributed by atoms with van der Waals surface area (Å²) in [5, 5.41) is 3.06. The van der Waals surface area contributed by atoms with Crippen LogP contribution >= 0.6 is 0 Å². The summed E-state index contributed by atoms with van der Waals surface area (Å²) in [4.78, 5) is 4.12. The summed E-state index contributed by atoms with van der Waals surface area (Å²) in [7, 11) is 1.87. The molecule has 0 fully saturated rings. The molecule has 1 aromatic carbocycles. The molecular weight excluding hydrogens is 215 g/mol. The van der Waals surface area contributed by atoms with E-state index in [9.17, 15) is 4.39 Å². The van der Waals surface area contributed by atoms with Crippen molar-refractivity contribution in [2.75, 3.05) is 7.05 Å². The van der Waals surface area contributed by atoms with Crippen molar-refractivity contribution in [3.05, 3.63) is 53.6 Å². The van der Waals surface area contributed by atoms with Crippen LogP contribution in [-0.2, 0) is 6.54 Å². The van der Waals surface area contributed by atoms with Crippen LogP contribution in [0, 0.1) is 12.7 Å². The lowest BCUT2D eigenvalue weighted by molar-refractivity contribution is 0.630. The van der Waals surface area contributed by atoms with Gasteiger partial charge >= 0.3 is 0 Å². The van der Waals surface area contributed by atoms with Crippen molar-refractivity contribution in [2.24, 2.45) is 0 Å². The highest BCUT2D eigenvalue weighted by atomic mass is 19.1. The SMILES string of the molecule is CNCc1ccc(F)c(-c2ccnc(C)c2)c1. The fraction of sp³-hybridized carbons (Fsp3) is 0.214. The van der Waals surface area contributed by atoms with Crippen molar-refractivity contribution in [1.82, 2.24) is 10.3 Å². The Balaban J connectivity index is 2.46. The molecule has 1 heterocycles. The smallest absolute Gasteiger partial charge is 0.131 e. The van der Waals surface area contributed by atoms with Gasteiger partial charge in [-0.1, -0.05) is 6.07 Å². The molecule has 0 amide bonds. The van der Waals surface area contributed by atoms with Crippen LogP contribution in [0.15, 0.2) is 36.5 Å². The van der Waals surface area contributed by atoms with Gasteiger partial charge in [-0.2, -0.15) is 0 Å². The molecule has 3 heteroatoms. The number of nitrogens with one attached hydrogen (secondary N) is 1. The van der Waals surface area contributed by atoms with Gasteiger partial charge in [0.25, 0.3) is 0 Å². The van der Waals surface area contributed by atoms with Crippen molar-refractivity contribution < 1.29 is 4.39 Å². The maximum Gasteiger partial charge on any atom is 0.131 e. The first-order chi connectivity index (χ1) is 8.20. The van der Waals surface area contributed by atoms with Crippen molar-refractivity contribution in [2.45, 2.75) is 13.5 Å². The highest BCUT2D eigenvalue weighted by molar-refractivity contribution is 5.64. The number of aromatic nitrogens is 1. The van der Waals surface area contributed by atoms with Crippen molar-refractivity contribution in [1.29, 1.82) is 0 Å². The third-order valence-corrected chi connectivity index (χ3v) is 2.62. The molecule has 0 unspecified atom stereocenters. The number of aryl methyl sites for hydroxylation is 1. The molecule has 2 aromatic rings. The molecule has 2 rings (SSSR count). The summed E-state index contributed by atoms with van der Waals surface area (Å²) >= 11 is 0. The van der Waals surface area contributed by atoms with Gasteiger partial charge in [-0.05, 0) is 49.4 Å². The molecule has 17 heavy (non-hydrogen) atoms. The molecule has 1 aromatic heterocycles. The maximum absolute atomic E-state index is 13.8. The highest BCUT2D eigenvalue weighted by Gasteiger charge is 2.06. The first-order valence-electron chi connectivity index (χ1n) is 5.57. The van der Waals surface area contributed by atoms with Gasteiger partial charge in [0.05, 0.1) is 0 Å². The van der Waals surface area contributed by atoms with Gasteiger partial charge < -0.3 is 5.32 Å². The third-order valence-electron chi connectivity index (χ3n) is 2.62. The Morgan fingerprint density at radius 3 is 2.76 bits per heavy atom. The Morgan fingerprint density at radius 2 is 2.06 bits per heavy atom. The molecule has 0 aliphatic heterocycles. The van der Waals surface area contributed by atoms with Gasteiger partial charge in [0, 0.05) is 24.0 Å². The Morgan fingerprint density at radius 1 is 1.24 bits per heavy atom. The molecule has 0 aliphatic rings. The first kappa shape index (κ1) is 11.7. The van der Waals surface area contributed by atoms with E-state index in [1.807, 2.05) is 32.2 Å². The lowest BCUT2D eigenvalue weighted by atomic mass is 10.0. The van der Waals surface area contributed by atoms with Gasteiger partial charge in [0.15, 0.2) is 0 Å². The molecule has 0 radical (unpaired) electrons. The molecule has 0 bridgehead atoms. The second-order valence-electron chi connectivity index (χ2n) is 4.03. The van der Waals surface area contributed by atoms with Crippen LogP contribution in [0.25, 0.3) is 11.1 Å². The highest BCUT2D eigenvalue weighted by Crippen LogP contribution is 2.24. The fourth-order valence-electron chi connectivity index (χ4n) is 1.82. The van der Waals surface area contributed by atoms with E-state index in [0.29, 0.717) is 5.56 Å². The number of rotatable bonds is 3. The summed E-state index contributed by atoms with van der Waals surface area (Å²) in [6, 6.07) is 8.90. The average Bonchev–Trinajstić information content (AvgIpc) is 2.32. The summed E-state index contributed by atoms with van der Waals surface area (Å²) in [6.45, 7) is 2.64. The summed E-state index contributed by atoms with van der Waals surface area (Å²) < 4.78 is 13.8. The van der Waals surface area contributed by atoms with Gasteiger partial charge in [0.1, 0.15) is 5.82 Å². The fourth-order valence-corrected chi connectivity index (χ4v) is 1.82. The number of pyridine rings is 1. The summed E-state index contributed by atoms with van der Waals surface area (Å²) in [5.74, 6) is -0.199. The quantitative estimate of drug-likeness (QED) is 0.877. The van der Waals surface area contributed by atoms with Gasteiger partial charge in [-0.3, -0.25) is 4.98 Å². The van der Waals surface area contributed by atoms with E-state index in [1.165, 1.54) is 6.07 Å². The summed E-state index contributed by atoms with van der Waals surface area (Å²) in [6.07, 6.45) is 1.70. The number of hydrogen-bond acceptors (Lipinski definition) is 2. The Bertz CT molecular complexity index is 523. The van der Waals surface area contributed by atoms with E-state index >= 15 is 0 Å². The van der Waals surface area contributed by atoms with Gasteiger partial charge in [0.2, 0.25) is 0 Å². The van der Waals surface area contributed by atoms with E-state index in [0.717, 1.165) is 23.4 Å². The Hall–Kier alpha value is -1.74. The second kappa shape index (κ2) is 5.06. The van der Waals surface area contributed by atoms with Crippen LogP contribution in [0.2, 0.25) is 0 Å². The lowest BCUT2D eigenvalue weighted by Crippen LogP contribution is -2.05. The zero-order valence-electron chi connectivity index (χ0n) is 10.00. The van der Waals surface area contributed by atoms with E-state index in [1.54, 1.807) is 12.3 Å². The molecule has 1 N–H and O–H groups in total. The van der Waals surface area contributed by atoms with Crippen molar-refractivity contribution in [3.63, 3.8) is 0 Å². The van der Waals surface area contributed by atoms with Crippen LogP contribution in [0.5, 0.6) is 0 Å². The van der Waals surface area contributed by atoms with Crippen LogP contribution in [0.3, 0.4) is 0 Å². The zero-order chi connectivity index (χ0) is 12.3. The number of hydrogen-bond donors (Lipinski definition) is 1. The molecule has 0 saturated carbocycles. The van der Waals surface area contributed by atoms with Crippen LogP contribution in [0.1, 0.15) is 11.3 Å². The van der Waals surface area contributed by atoms with E-state index in [-0.39, 0.29) is 5.82 Å². The normalized spacial score (nSPS) is 10.5. The summed E-state index contributed by atoms with van der Waals surface area (Å²) in [5.41, 5.74) is 3.45. The third kappa shape index (κ3) is 2.68. The van der Waals surface area contributed by atoms with E-state index in [2.05, 4.69) is 10.3 Å². The molecule has 0 atom stereocenters. The molecule has 88 valence electrons. The maximum atomic E-state index is 13.8. The van der Waals surface area contributed by atoms with E-state index in [4.69, 9.17) is 0 Å². The van der Waals surface area contributed by atoms with Crippen LogP contribution in [-0.4, -0.2) is 12.0 Å². The molecule has 2 nitrogen and oxygen atoms in total. The lowest BCUT2D eigenvalue weighted by Gasteiger charge is -2.07. The minimum Gasteiger partial charge on any atom is -0.316 e. The first-order valence-corrected chi connectivity index (χ1v) is 5.57. The molecular formula is C14H15FN2. The Kier molecular flexibility index (Phi) is 3.49. The number of nitrogens with zero attached hydrogens (tertiary/aromatic N) is 1. The molecule has 0 aliphatic carbocycles. The Labute approximate surface area is 101 Å². The second-order valence-corrected chi connectivity index (χ2v) is 4.03. The van der Waals surface area contributed by atoms with Crippen molar-refractivity contribution in [3.8, 4) is 11.1 Å². The monoisotopic (exact) mass is 230 g/mol. The minimum absolute atomic E-state index is 0.199. The number of benzene rings is 1. The van der Waals surface area contributed by atoms with Crippen LogP contribution in [0.4, 0.5) is 4.39 Å². The zero-order valence-corrected chi connectivity index (χ0v) is 10.00. The van der Waals surface area contributed by atoms with E-state index < -0.39 is 0 Å². The van der Waals surface area contributed by atoms with Gasteiger partial charge in [-0.25, -0.2) is 4.39 Å². The molecule has 0 spiro atoms. The largest absolute Gasteiger partial charge is 0.316 e. The predicted molar refractivity (Wildman–Crippen MR) is 67.1 cm³/mol. The number of halogens is 1. The molecule has 0 saturated heterocycles. The average molecular weight is 230 g/mol. The predicted octanol–water partition coefficient (Wildman–Crippen LogP) is 2.92. The topological polar surface area (TPSA) is 24.9 Å². The van der Waals surface area contributed by atoms with Gasteiger partial charge in [-0.15, -0.1) is 0 Å². The standard InChI is InChI=1S/C14H15FN2/c1-10-7-12(5-6-17-10)13-8-11(9-16-2)3-4-14(13)15/h3-8,16H,9H2,1-2H3.